The van der Waals surface area contributed by atoms with Gasteiger partial charge in [0, 0.05) is 24.4 Å². The summed E-state index contributed by atoms with van der Waals surface area (Å²) in [6.45, 7) is 2.67. The maximum absolute atomic E-state index is 15.1. The standard InChI is InChI=1S/C40H48N2O10P2/c1-3-51-53(47,29-35(25-31-17-9-5-10-18-31)41-39(45)49-27-33-21-13-7-14-22-33)38(37(43)44)54(48,52-4-2)30-36(26-32-19-11-6-12-20-32)42-40(46)50-28-34-23-15-8-16-24-34/h5-24,35-36,38H,3-4,25-30H2,1-2H3,(H,41,45)(H,42,46)(H,43,44). The highest BCUT2D eigenvalue weighted by Gasteiger charge is 2.54. The molecule has 12 nitrogen and oxygen atoms in total. The lowest BCUT2D eigenvalue weighted by atomic mass is 10.1. The molecule has 4 atom stereocenters. The highest BCUT2D eigenvalue weighted by molar-refractivity contribution is 7.78. The molecular weight excluding hydrogens is 730 g/mol. The Kier molecular flexibility index (Phi) is 16.5. The molecule has 54 heavy (non-hydrogen) atoms. The average molecular weight is 779 g/mol. The molecule has 0 spiro atoms. The van der Waals surface area contributed by atoms with Gasteiger partial charge in [0.15, 0.2) is 0 Å². The van der Waals surface area contributed by atoms with Crippen LogP contribution in [0.3, 0.4) is 0 Å². The predicted molar refractivity (Wildman–Crippen MR) is 207 cm³/mol. The fraction of sp³-hybridized carbons (Fsp3) is 0.325. The van der Waals surface area contributed by atoms with E-state index in [1.165, 1.54) is 0 Å². The zero-order valence-corrected chi connectivity index (χ0v) is 32.2. The van der Waals surface area contributed by atoms with Gasteiger partial charge in [0.25, 0.3) is 0 Å². The number of carbonyl (C=O) groups excluding carboxylic acids is 2. The van der Waals surface area contributed by atoms with E-state index in [-0.39, 0.29) is 39.3 Å². The Hall–Kier alpha value is -4.73. The number of carbonyl (C=O) groups is 3. The lowest BCUT2D eigenvalue weighted by molar-refractivity contribution is -0.135. The van der Waals surface area contributed by atoms with Gasteiger partial charge in [-0.25, -0.2) is 9.59 Å². The summed E-state index contributed by atoms with van der Waals surface area (Å²) < 4.78 is 52.7. The monoisotopic (exact) mass is 778 g/mol. The Bertz CT molecular complexity index is 1720. The van der Waals surface area contributed by atoms with E-state index in [2.05, 4.69) is 10.6 Å². The number of carboxylic acid groups (broad SMARTS) is 1. The molecule has 0 bridgehead atoms. The third-order valence-electron chi connectivity index (χ3n) is 8.33. The lowest BCUT2D eigenvalue weighted by Gasteiger charge is -2.34. The van der Waals surface area contributed by atoms with Crippen molar-refractivity contribution < 1.29 is 47.1 Å². The number of amides is 2. The van der Waals surface area contributed by atoms with E-state index in [9.17, 15) is 19.5 Å². The molecule has 0 saturated heterocycles. The van der Waals surface area contributed by atoms with Gasteiger partial charge >= 0.3 is 18.2 Å². The quantitative estimate of drug-likeness (QED) is 0.0704. The van der Waals surface area contributed by atoms with E-state index in [4.69, 9.17) is 18.5 Å². The van der Waals surface area contributed by atoms with E-state index in [0.717, 1.165) is 22.3 Å². The molecule has 0 saturated carbocycles. The van der Waals surface area contributed by atoms with Gasteiger partial charge in [0.2, 0.25) is 20.1 Å². The molecule has 14 heteroatoms. The van der Waals surface area contributed by atoms with Crippen molar-refractivity contribution in [2.75, 3.05) is 25.5 Å². The number of benzene rings is 4. The number of rotatable bonds is 21. The Morgan fingerprint density at radius 3 is 1.17 bits per heavy atom. The van der Waals surface area contributed by atoms with Crippen molar-refractivity contribution in [2.45, 2.75) is 57.4 Å². The number of nitrogens with one attached hydrogen (secondary N) is 2. The predicted octanol–water partition coefficient (Wildman–Crippen LogP) is 8.10. The Balaban J connectivity index is 1.64. The Morgan fingerprint density at radius 1 is 0.556 bits per heavy atom. The van der Waals surface area contributed by atoms with Crippen LogP contribution in [0.25, 0.3) is 0 Å². The first-order valence-electron chi connectivity index (χ1n) is 17.7. The summed E-state index contributed by atoms with van der Waals surface area (Å²) in [5, 5.41) is 14.1. The van der Waals surface area contributed by atoms with Crippen LogP contribution in [0.4, 0.5) is 9.59 Å². The minimum absolute atomic E-state index is 0.0330. The van der Waals surface area contributed by atoms with Gasteiger partial charge in [-0.05, 0) is 48.9 Å². The smallest absolute Gasteiger partial charge is 0.407 e. The van der Waals surface area contributed by atoms with Gasteiger partial charge in [-0.2, -0.15) is 0 Å². The van der Waals surface area contributed by atoms with Crippen molar-refractivity contribution in [3.63, 3.8) is 0 Å². The number of hydrogen-bond acceptors (Lipinski definition) is 9. The van der Waals surface area contributed by atoms with Crippen molar-refractivity contribution in [1.82, 2.24) is 10.6 Å². The van der Waals surface area contributed by atoms with Crippen LogP contribution in [0.5, 0.6) is 0 Å². The molecule has 2 amide bonds. The molecule has 4 aromatic rings. The van der Waals surface area contributed by atoms with Crippen molar-refractivity contribution in [2.24, 2.45) is 0 Å². The van der Waals surface area contributed by atoms with Crippen molar-refractivity contribution in [3.8, 4) is 0 Å². The van der Waals surface area contributed by atoms with E-state index in [1.54, 1.807) is 62.4 Å². The number of aliphatic carboxylic acids is 1. The molecule has 4 unspecified atom stereocenters. The van der Waals surface area contributed by atoms with E-state index >= 15 is 9.13 Å². The second-order valence-electron chi connectivity index (χ2n) is 12.6. The van der Waals surface area contributed by atoms with Gasteiger partial charge < -0.3 is 34.3 Å². The number of alkyl carbamates (subject to hydrolysis) is 2. The minimum Gasteiger partial charge on any atom is -0.480 e. The van der Waals surface area contributed by atoms with Crippen molar-refractivity contribution >= 4 is 32.9 Å². The molecule has 0 aliphatic heterocycles. The minimum atomic E-state index is -4.49. The largest absolute Gasteiger partial charge is 0.480 e. The van der Waals surface area contributed by atoms with Crippen molar-refractivity contribution in [1.29, 1.82) is 0 Å². The van der Waals surface area contributed by atoms with Crippen LogP contribution in [0.1, 0.15) is 36.1 Å². The highest BCUT2D eigenvalue weighted by atomic mass is 31.2. The first-order chi connectivity index (χ1) is 26.0. The molecule has 0 aliphatic rings. The molecule has 3 N–H and O–H groups in total. The van der Waals surface area contributed by atoms with Crippen molar-refractivity contribution in [3.05, 3.63) is 144 Å². The molecule has 0 fully saturated rings. The zero-order valence-electron chi connectivity index (χ0n) is 30.5. The molecule has 0 heterocycles. The summed E-state index contributed by atoms with van der Waals surface area (Å²) in [5.74, 6) is -1.65. The number of carboxylic acids is 1. The molecule has 0 aliphatic carbocycles. The molecule has 0 radical (unpaired) electrons. The van der Waals surface area contributed by atoms with E-state index < -0.39 is 62.7 Å². The maximum Gasteiger partial charge on any atom is 0.407 e. The summed E-state index contributed by atoms with van der Waals surface area (Å²) in [7, 11) is -8.98. The fourth-order valence-corrected chi connectivity index (χ4v) is 13.3. The average Bonchev–Trinajstić information content (AvgIpc) is 3.14. The maximum atomic E-state index is 15.1. The van der Waals surface area contributed by atoms with Gasteiger partial charge in [-0.15, -0.1) is 0 Å². The molecule has 288 valence electrons. The third kappa shape index (κ3) is 13.3. The SMILES string of the molecule is CCOP(=O)(CC(Cc1ccccc1)NC(=O)OCc1ccccc1)C(C(=O)O)P(=O)(CC(Cc1ccccc1)NC(=O)OCc1ccccc1)OCC. The van der Waals surface area contributed by atoms with Crippen LogP contribution in [-0.4, -0.2) is 66.3 Å². The first kappa shape index (κ1) is 42.0. The molecule has 0 aromatic heterocycles. The topological polar surface area (TPSA) is 167 Å². The summed E-state index contributed by atoms with van der Waals surface area (Å²) in [6, 6.07) is 34.3. The van der Waals surface area contributed by atoms with Crippen LogP contribution in [0, 0.1) is 0 Å². The molecular formula is C40H48N2O10P2. The number of hydrogen-bond donors (Lipinski definition) is 3. The molecule has 4 rings (SSSR count). The van der Waals surface area contributed by atoms with Gasteiger partial charge in [-0.3, -0.25) is 13.9 Å². The summed E-state index contributed by atoms with van der Waals surface area (Å²) in [5.41, 5.74) is 3.02. The second kappa shape index (κ2) is 21.2. The van der Waals surface area contributed by atoms with Crippen LogP contribution >= 0.6 is 14.7 Å². The Labute approximate surface area is 316 Å². The van der Waals surface area contributed by atoms with Crippen LogP contribution in [-0.2, 0) is 58.5 Å². The van der Waals surface area contributed by atoms with Gasteiger partial charge in [0.1, 0.15) is 13.2 Å². The van der Waals surface area contributed by atoms with E-state index in [0.29, 0.717) is 0 Å². The highest BCUT2D eigenvalue weighted by Crippen LogP contribution is 2.70. The lowest BCUT2D eigenvalue weighted by Crippen LogP contribution is -2.43. The second-order valence-corrected chi connectivity index (χ2v) is 18.1. The van der Waals surface area contributed by atoms with Crippen LogP contribution in [0.2, 0.25) is 0 Å². The summed E-state index contributed by atoms with van der Waals surface area (Å²) in [4.78, 5) is 39.5. The van der Waals surface area contributed by atoms with Crippen LogP contribution in [0.15, 0.2) is 121 Å². The van der Waals surface area contributed by atoms with E-state index in [1.807, 2.05) is 72.8 Å². The third-order valence-corrected chi connectivity index (χ3v) is 15.7. The Morgan fingerprint density at radius 2 is 0.870 bits per heavy atom. The first-order valence-corrected chi connectivity index (χ1v) is 21.5. The van der Waals surface area contributed by atoms with Gasteiger partial charge in [0.05, 0.1) is 13.2 Å². The fourth-order valence-electron chi connectivity index (χ4n) is 6.08. The van der Waals surface area contributed by atoms with Gasteiger partial charge in [-0.1, -0.05) is 121 Å². The summed E-state index contributed by atoms with van der Waals surface area (Å²) in [6.07, 6.45) is -2.36. The summed E-state index contributed by atoms with van der Waals surface area (Å²) >= 11 is 0. The molecule has 4 aromatic carbocycles. The van der Waals surface area contributed by atoms with Crippen LogP contribution < -0.4 is 10.6 Å². The normalized spacial score (nSPS) is 15.0. The zero-order chi connectivity index (χ0) is 38.8. The number of ether oxygens (including phenoxy) is 2.